The molecule has 0 amide bonds. The second-order valence-electron chi connectivity index (χ2n) is 1.42. The van der Waals surface area contributed by atoms with Gasteiger partial charge in [-0.15, -0.1) is 0 Å². The zero-order valence-corrected chi connectivity index (χ0v) is 6.05. The summed E-state index contributed by atoms with van der Waals surface area (Å²) in [5, 5.41) is 0. The molecule has 0 bridgehead atoms. The molecule has 2 N–H and O–H groups in total. The maximum Gasteiger partial charge on any atom is 0.357 e. The van der Waals surface area contributed by atoms with Gasteiger partial charge in [-0.25, -0.2) is 0 Å². The number of alkyl halides is 3. The van der Waals surface area contributed by atoms with Crippen LogP contribution in [-0.2, 0) is 0 Å². The molecule has 1 nitrogen and oxygen atoms in total. The molecule has 5 heteroatoms. The third-order valence-electron chi connectivity index (χ3n) is 0.575. The lowest BCUT2D eigenvalue weighted by Gasteiger charge is -2.00. The first-order valence-corrected chi connectivity index (χ1v) is 3.58. The minimum absolute atomic E-state index is 0. The Labute approximate surface area is 54.4 Å². The molecule has 0 heterocycles. The molecule has 0 aliphatic heterocycles. The number of halogens is 3. The van der Waals surface area contributed by atoms with E-state index in [1.807, 2.05) is 0 Å². The van der Waals surface area contributed by atoms with Crippen molar-refractivity contribution >= 4 is 9.52 Å². The smallest absolute Gasteiger partial charge is 0.357 e. The molecule has 0 aromatic carbocycles. The van der Waals surface area contributed by atoms with E-state index in [9.17, 15) is 13.2 Å². The van der Waals surface area contributed by atoms with Gasteiger partial charge >= 0.3 is 5.80 Å². The quantitative estimate of drug-likeness (QED) is 0.541. The Morgan fingerprint density at radius 3 is 1.89 bits per heavy atom. The van der Waals surface area contributed by atoms with Crippen LogP contribution in [-0.4, -0.2) is 20.8 Å². The van der Waals surface area contributed by atoms with Crippen LogP contribution in [0.4, 0.5) is 13.2 Å². The van der Waals surface area contributed by atoms with Crippen LogP contribution in [0.5, 0.6) is 0 Å². The summed E-state index contributed by atoms with van der Waals surface area (Å²) in [6.45, 7) is 1.75. The molecular weight excluding hydrogens is 149 g/mol. The van der Waals surface area contributed by atoms with E-state index in [0.717, 1.165) is 0 Å². The molecule has 0 aliphatic carbocycles. The van der Waals surface area contributed by atoms with Crippen molar-refractivity contribution in [1.29, 1.82) is 0 Å². The molecule has 2 radical (unpaired) electrons. The summed E-state index contributed by atoms with van der Waals surface area (Å²) in [4.78, 5) is 0. The summed E-state index contributed by atoms with van der Waals surface area (Å²) in [5.41, 5.74) is 0. The largest absolute Gasteiger partial charge is 0.412 e. The topological polar surface area (TPSA) is 31.5 Å². The van der Waals surface area contributed by atoms with Crippen molar-refractivity contribution in [2.75, 3.05) is 0 Å². The monoisotopic (exact) mass is 158 g/mol. The average Bonchev–Trinajstić information content (AvgIpc) is 1.59. The molecule has 56 valence electrons. The van der Waals surface area contributed by atoms with Gasteiger partial charge in [0.2, 0.25) is 0 Å². The maximum absolute atomic E-state index is 11.3. The lowest BCUT2D eigenvalue weighted by molar-refractivity contribution is -0.0472. The highest BCUT2D eigenvalue weighted by Gasteiger charge is 2.26. The van der Waals surface area contributed by atoms with Crippen molar-refractivity contribution in [3.05, 3.63) is 0 Å². The third kappa shape index (κ3) is 11.5. The van der Waals surface area contributed by atoms with Gasteiger partial charge < -0.3 is 5.48 Å². The molecule has 0 aromatic rings. The number of hydrogen-bond acceptors (Lipinski definition) is 0. The first-order valence-electron chi connectivity index (χ1n) is 2.38. The predicted molar refractivity (Wildman–Crippen MR) is 30.5 cm³/mol. The van der Waals surface area contributed by atoms with Crippen LogP contribution in [0.25, 0.3) is 0 Å². The van der Waals surface area contributed by atoms with Crippen LogP contribution in [0.1, 0.15) is 13.3 Å². The summed E-state index contributed by atoms with van der Waals surface area (Å²) < 4.78 is 33.8. The van der Waals surface area contributed by atoms with Gasteiger partial charge in [0.05, 0.1) is 0 Å². The SMILES string of the molecule is CCC[Si]C(F)(F)F.O. The van der Waals surface area contributed by atoms with E-state index in [1.54, 1.807) is 6.92 Å². The van der Waals surface area contributed by atoms with Gasteiger partial charge in [-0.1, -0.05) is 19.4 Å². The summed E-state index contributed by atoms with van der Waals surface area (Å²) in [5.74, 6) is -3.92. The van der Waals surface area contributed by atoms with Crippen LogP contribution < -0.4 is 0 Å². The van der Waals surface area contributed by atoms with Gasteiger partial charge in [-0.2, -0.15) is 13.2 Å². The molecule has 0 atom stereocenters. The van der Waals surface area contributed by atoms with E-state index in [0.29, 0.717) is 6.42 Å². The highest BCUT2D eigenvalue weighted by molar-refractivity contribution is 6.37. The maximum atomic E-state index is 11.3. The average molecular weight is 158 g/mol. The zero-order chi connectivity index (χ0) is 6.62. The van der Waals surface area contributed by atoms with E-state index < -0.39 is 15.3 Å². The molecule has 0 rings (SSSR count). The molecule has 0 aromatic heterocycles. The van der Waals surface area contributed by atoms with Crippen molar-refractivity contribution in [2.24, 2.45) is 0 Å². The zero-order valence-electron chi connectivity index (χ0n) is 5.05. The minimum Gasteiger partial charge on any atom is -0.412 e. The van der Waals surface area contributed by atoms with E-state index in [-0.39, 0.29) is 11.5 Å². The van der Waals surface area contributed by atoms with Gasteiger partial charge in [0.15, 0.2) is 9.52 Å². The fourth-order valence-corrected chi connectivity index (χ4v) is 0.800. The van der Waals surface area contributed by atoms with Crippen LogP contribution in [0, 0.1) is 0 Å². The number of hydrogen-bond donors (Lipinski definition) is 0. The first-order chi connectivity index (χ1) is 3.56. The van der Waals surface area contributed by atoms with E-state index >= 15 is 0 Å². The molecule has 0 spiro atoms. The fraction of sp³-hybridized carbons (Fsp3) is 1.00. The Morgan fingerprint density at radius 2 is 1.78 bits per heavy atom. The van der Waals surface area contributed by atoms with Gasteiger partial charge in [0.25, 0.3) is 0 Å². The van der Waals surface area contributed by atoms with Crippen molar-refractivity contribution in [3.63, 3.8) is 0 Å². The van der Waals surface area contributed by atoms with Crippen LogP contribution in [0.2, 0.25) is 6.04 Å². The van der Waals surface area contributed by atoms with Crippen molar-refractivity contribution < 1.29 is 18.6 Å². The molecular formula is C4H9F3OSi. The number of rotatable bonds is 2. The Morgan fingerprint density at radius 1 is 1.33 bits per heavy atom. The Bertz CT molecular complexity index is 63.3. The second kappa shape index (κ2) is 4.81. The molecule has 0 saturated heterocycles. The van der Waals surface area contributed by atoms with Crippen LogP contribution >= 0.6 is 0 Å². The predicted octanol–water partition coefficient (Wildman–Crippen LogP) is 1.21. The molecule has 0 fully saturated rings. The molecule has 0 saturated carbocycles. The van der Waals surface area contributed by atoms with Gasteiger partial charge in [-0.3, -0.25) is 0 Å². The Balaban J connectivity index is 0. The molecule has 9 heavy (non-hydrogen) atoms. The highest BCUT2D eigenvalue weighted by Crippen LogP contribution is 2.14. The van der Waals surface area contributed by atoms with E-state index in [1.165, 1.54) is 0 Å². The Hall–Kier alpha value is -0.0331. The van der Waals surface area contributed by atoms with Crippen molar-refractivity contribution in [2.45, 2.75) is 25.2 Å². The summed E-state index contributed by atoms with van der Waals surface area (Å²) in [7, 11) is -0.858. The summed E-state index contributed by atoms with van der Waals surface area (Å²) in [6.07, 6.45) is 0.623. The van der Waals surface area contributed by atoms with Crippen LogP contribution in [0.15, 0.2) is 0 Å². The van der Waals surface area contributed by atoms with Crippen molar-refractivity contribution in [1.82, 2.24) is 0 Å². The van der Waals surface area contributed by atoms with Crippen molar-refractivity contribution in [3.8, 4) is 0 Å². The van der Waals surface area contributed by atoms with Gasteiger partial charge in [-0.05, 0) is 0 Å². The lowest BCUT2D eigenvalue weighted by Crippen LogP contribution is -2.17. The van der Waals surface area contributed by atoms with Gasteiger partial charge in [0, 0.05) is 0 Å². The molecule has 0 aliphatic rings. The van der Waals surface area contributed by atoms with E-state index in [2.05, 4.69) is 0 Å². The Kier molecular flexibility index (Phi) is 6.27. The van der Waals surface area contributed by atoms with Crippen LogP contribution in [0.3, 0.4) is 0 Å². The molecule has 0 unspecified atom stereocenters. The summed E-state index contributed by atoms with van der Waals surface area (Å²) in [6, 6.07) is 0.281. The lowest BCUT2D eigenvalue weighted by atomic mass is 10.6. The third-order valence-corrected chi connectivity index (χ3v) is 1.73. The van der Waals surface area contributed by atoms with E-state index in [4.69, 9.17) is 0 Å². The fourth-order valence-electron chi connectivity index (χ4n) is 0.267. The second-order valence-corrected chi connectivity index (χ2v) is 2.85. The highest BCUT2D eigenvalue weighted by atomic mass is 28.2. The minimum atomic E-state index is -3.92. The standard InChI is InChI=1S/C4H7F3Si.H2O/c1-2-3-8-4(5,6)7;/h2-3H2,1H3;1H2. The van der Waals surface area contributed by atoms with Gasteiger partial charge in [0.1, 0.15) is 0 Å². The normalized spacial score (nSPS) is 10.7. The first kappa shape index (κ1) is 11.7. The summed E-state index contributed by atoms with van der Waals surface area (Å²) >= 11 is 0.